The lowest BCUT2D eigenvalue weighted by molar-refractivity contribution is 0.0781. The summed E-state index contributed by atoms with van der Waals surface area (Å²) in [6, 6.07) is 3.65. The van der Waals surface area contributed by atoms with Crippen molar-refractivity contribution >= 4 is 11.6 Å². The van der Waals surface area contributed by atoms with Crippen LogP contribution in [0.5, 0.6) is 0 Å². The molecule has 0 fully saturated rings. The molecular weight excluding hydrogens is 254 g/mol. The Balaban J connectivity index is 2.20. The number of hydrogen-bond acceptors (Lipinski definition) is 4. The number of aryl methyl sites for hydroxylation is 3. The molecule has 0 aliphatic rings. The second kappa shape index (κ2) is 5.32. The lowest BCUT2D eigenvalue weighted by Crippen LogP contribution is -2.27. The average molecular weight is 273 g/mol. The molecule has 0 saturated carbocycles. The highest BCUT2D eigenvalue weighted by molar-refractivity contribution is 5.96. The molecular formula is C14H19N5O. The second-order valence-corrected chi connectivity index (χ2v) is 5.02. The number of nitrogens with zero attached hydrogens (tertiary/aromatic N) is 3. The number of anilines is 1. The van der Waals surface area contributed by atoms with Crippen LogP contribution in [0.3, 0.4) is 0 Å². The number of amides is 1. The molecule has 106 valence electrons. The molecule has 0 radical (unpaired) electrons. The van der Waals surface area contributed by atoms with Gasteiger partial charge in [-0.15, -0.1) is 0 Å². The van der Waals surface area contributed by atoms with Crippen LogP contribution >= 0.6 is 0 Å². The molecule has 20 heavy (non-hydrogen) atoms. The largest absolute Gasteiger partial charge is 0.398 e. The van der Waals surface area contributed by atoms with Gasteiger partial charge in [0.15, 0.2) is 5.82 Å². The van der Waals surface area contributed by atoms with E-state index in [4.69, 9.17) is 5.73 Å². The Morgan fingerprint density at radius 3 is 2.60 bits per heavy atom. The fourth-order valence-corrected chi connectivity index (χ4v) is 2.05. The minimum absolute atomic E-state index is 0.0864. The highest BCUT2D eigenvalue weighted by Crippen LogP contribution is 2.19. The van der Waals surface area contributed by atoms with Gasteiger partial charge in [-0.2, -0.15) is 5.10 Å². The number of rotatable bonds is 3. The van der Waals surface area contributed by atoms with Gasteiger partial charge in [0.2, 0.25) is 0 Å². The van der Waals surface area contributed by atoms with Crippen molar-refractivity contribution in [1.82, 2.24) is 20.1 Å². The minimum atomic E-state index is -0.0864. The lowest BCUT2D eigenvalue weighted by Gasteiger charge is -2.17. The van der Waals surface area contributed by atoms with Gasteiger partial charge in [-0.3, -0.25) is 9.89 Å². The molecule has 1 aromatic carbocycles. The average Bonchev–Trinajstić information content (AvgIpc) is 2.78. The molecule has 1 aromatic heterocycles. The smallest absolute Gasteiger partial charge is 0.254 e. The molecule has 2 aromatic rings. The van der Waals surface area contributed by atoms with Crippen LogP contribution in [0.4, 0.5) is 5.69 Å². The van der Waals surface area contributed by atoms with Crippen molar-refractivity contribution in [3.63, 3.8) is 0 Å². The topological polar surface area (TPSA) is 87.9 Å². The first-order chi connectivity index (χ1) is 9.38. The molecule has 6 nitrogen and oxygen atoms in total. The first-order valence-corrected chi connectivity index (χ1v) is 6.38. The number of aromatic nitrogens is 3. The molecule has 0 aliphatic heterocycles. The molecule has 0 atom stereocenters. The molecule has 3 N–H and O–H groups in total. The standard InChI is InChI=1S/C14H19N5O/c1-8-5-9(2)12(15)6-11(8)14(20)19(4)7-13-16-10(3)17-18-13/h5-6H,7,15H2,1-4H3,(H,16,17,18). The summed E-state index contributed by atoms with van der Waals surface area (Å²) in [5.74, 6) is 1.24. The van der Waals surface area contributed by atoms with E-state index in [1.807, 2.05) is 26.8 Å². The van der Waals surface area contributed by atoms with Gasteiger partial charge in [0, 0.05) is 18.3 Å². The van der Waals surface area contributed by atoms with Gasteiger partial charge in [-0.1, -0.05) is 6.07 Å². The Bertz CT molecular complexity index is 647. The lowest BCUT2D eigenvalue weighted by atomic mass is 10.0. The summed E-state index contributed by atoms with van der Waals surface area (Å²) >= 11 is 0. The predicted molar refractivity (Wildman–Crippen MR) is 77.2 cm³/mol. The molecule has 1 heterocycles. The number of nitrogens with one attached hydrogen (secondary N) is 1. The number of carbonyl (C=O) groups is 1. The summed E-state index contributed by atoms with van der Waals surface area (Å²) in [5, 5.41) is 6.79. The van der Waals surface area contributed by atoms with Crippen LogP contribution in [0.25, 0.3) is 0 Å². The number of aromatic amines is 1. The van der Waals surface area contributed by atoms with E-state index in [-0.39, 0.29) is 5.91 Å². The van der Waals surface area contributed by atoms with Crippen LogP contribution in [-0.4, -0.2) is 33.0 Å². The SMILES string of the molecule is Cc1nc(CN(C)C(=O)c2cc(N)c(C)cc2C)n[nH]1. The van der Waals surface area contributed by atoms with Gasteiger partial charge in [-0.25, -0.2) is 4.98 Å². The van der Waals surface area contributed by atoms with Crippen LogP contribution in [0.1, 0.15) is 33.1 Å². The Hall–Kier alpha value is -2.37. The maximum Gasteiger partial charge on any atom is 0.254 e. The number of nitrogens with two attached hydrogens (primary N) is 1. The molecule has 1 amide bonds. The Labute approximate surface area is 118 Å². The molecule has 0 spiro atoms. The van der Waals surface area contributed by atoms with Crippen LogP contribution < -0.4 is 5.73 Å². The van der Waals surface area contributed by atoms with Crippen molar-refractivity contribution in [2.75, 3.05) is 12.8 Å². The molecule has 6 heteroatoms. The van der Waals surface area contributed by atoms with Crippen LogP contribution in [0, 0.1) is 20.8 Å². The molecule has 0 aliphatic carbocycles. The quantitative estimate of drug-likeness (QED) is 0.831. The van der Waals surface area contributed by atoms with E-state index >= 15 is 0 Å². The molecule has 0 saturated heterocycles. The maximum atomic E-state index is 12.4. The van der Waals surface area contributed by atoms with Gasteiger partial charge in [-0.05, 0) is 38.0 Å². The molecule has 0 unspecified atom stereocenters. The third-order valence-electron chi connectivity index (χ3n) is 3.21. The zero-order valence-electron chi connectivity index (χ0n) is 12.2. The normalized spacial score (nSPS) is 10.6. The maximum absolute atomic E-state index is 12.4. The van der Waals surface area contributed by atoms with Gasteiger partial charge >= 0.3 is 0 Å². The minimum Gasteiger partial charge on any atom is -0.398 e. The third-order valence-corrected chi connectivity index (χ3v) is 3.21. The van der Waals surface area contributed by atoms with Gasteiger partial charge in [0.25, 0.3) is 5.91 Å². The van der Waals surface area contributed by atoms with E-state index in [9.17, 15) is 4.79 Å². The number of benzene rings is 1. The number of nitrogen functional groups attached to an aromatic ring is 1. The summed E-state index contributed by atoms with van der Waals surface area (Å²) in [6.07, 6.45) is 0. The highest BCUT2D eigenvalue weighted by atomic mass is 16.2. The van der Waals surface area contributed by atoms with E-state index in [1.54, 1.807) is 18.0 Å². The van der Waals surface area contributed by atoms with Gasteiger partial charge < -0.3 is 10.6 Å². The summed E-state index contributed by atoms with van der Waals surface area (Å²) in [6.45, 7) is 6.01. The Morgan fingerprint density at radius 1 is 1.30 bits per heavy atom. The van der Waals surface area contributed by atoms with E-state index in [2.05, 4.69) is 15.2 Å². The third kappa shape index (κ3) is 2.79. The van der Waals surface area contributed by atoms with E-state index in [1.165, 1.54) is 0 Å². The Morgan fingerprint density at radius 2 is 2.00 bits per heavy atom. The second-order valence-electron chi connectivity index (χ2n) is 5.02. The number of hydrogen-bond donors (Lipinski definition) is 2. The van der Waals surface area contributed by atoms with Crippen molar-refractivity contribution in [1.29, 1.82) is 0 Å². The van der Waals surface area contributed by atoms with Crippen LogP contribution in [0.15, 0.2) is 12.1 Å². The molecule has 0 bridgehead atoms. The van der Waals surface area contributed by atoms with Gasteiger partial charge in [0.1, 0.15) is 5.82 Å². The summed E-state index contributed by atoms with van der Waals surface area (Å²) < 4.78 is 0. The van der Waals surface area contributed by atoms with Gasteiger partial charge in [0.05, 0.1) is 6.54 Å². The fourth-order valence-electron chi connectivity index (χ4n) is 2.05. The first-order valence-electron chi connectivity index (χ1n) is 6.38. The Kier molecular flexibility index (Phi) is 3.74. The summed E-state index contributed by atoms with van der Waals surface area (Å²) in [5.41, 5.74) is 9.02. The van der Waals surface area contributed by atoms with Crippen molar-refractivity contribution in [2.45, 2.75) is 27.3 Å². The monoisotopic (exact) mass is 273 g/mol. The van der Waals surface area contributed by atoms with Crippen LogP contribution in [-0.2, 0) is 6.54 Å². The van der Waals surface area contributed by atoms with E-state index in [0.29, 0.717) is 23.6 Å². The van der Waals surface area contributed by atoms with Crippen molar-refractivity contribution in [2.24, 2.45) is 0 Å². The fraction of sp³-hybridized carbons (Fsp3) is 0.357. The summed E-state index contributed by atoms with van der Waals surface area (Å²) in [7, 11) is 1.73. The van der Waals surface area contributed by atoms with Crippen molar-refractivity contribution in [3.8, 4) is 0 Å². The van der Waals surface area contributed by atoms with Crippen molar-refractivity contribution < 1.29 is 4.79 Å². The number of carbonyl (C=O) groups excluding carboxylic acids is 1. The molecule has 2 rings (SSSR count). The number of H-pyrrole nitrogens is 1. The highest BCUT2D eigenvalue weighted by Gasteiger charge is 2.17. The zero-order chi connectivity index (χ0) is 14.9. The first kappa shape index (κ1) is 14.0. The van der Waals surface area contributed by atoms with E-state index < -0.39 is 0 Å². The predicted octanol–water partition coefficient (Wildman–Crippen LogP) is 1.58. The van der Waals surface area contributed by atoms with Crippen molar-refractivity contribution in [3.05, 3.63) is 40.5 Å². The zero-order valence-corrected chi connectivity index (χ0v) is 12.2. The summed E-state index contributed by atoms with van der Waals surface area (Å²) in [4.78, 5) is 18.2. The van der Waals surface area contributed by atoms with Crippen LogP contribution in [0.2, 0.25) is 0 Å². The van der Waals surface area contributed by atoms with E-state index in [0.717, 1.165) is 17.0 Å².